The predicted molar refractivity (Wildman–Crippen MR) is 70.3 cm³/mol. The maximum atomic E-state index is 12.3. The van der Waals surface area contributed by atoms with E-state index < -0.39 is 0 Å². The molecule has 3 aliphatic rings. The summed E-state index contributed by atoms with van der Waals surface area (Å²) < 4.78 is 5.98. The van der Waals surface area contributed by atoms with E-state index in [2.05, 4.69) is 0 Å². The number of rotatable bonds is 3. The molecule has 3 fully saturated rings. The lowest BCUT2D eigenvalue weighted by atomic mass is 9.76. The van der Waals surface area contributed by atoms with Gasteiger partial charge in [0.25, 0.3) is 0 Å². The van der Waals surface area contributed by atoms with Gasteiger partial charge in [-0.1, -0.05) is 19.3 Å². The van der Waals surface area contributed by atoms with Crippen LogP contribution in [0.3, 0.4) is 0 Å². The summed E-state index contributed by atoms with van der Waals surface area (Å²) in [6.45, 7) is 0.807. The molecule has 0 amide bonds. The molecule has 0 N–H and O–H groups in total. The van der Waals surface area contributed by atoms with Gasteiger partial charge in [0.2, 0.25) is 0 Å². The van der Waals surface area contributed by atoms with Crippen LogP contribution in [-0.4, -0.2) is 29.5 Å². The molecule has 1 aliphatic carbocycles. The summed E-state index contributed by atoms with van der Waals surface area (Å²) in [7, 11) is 0. The highest BCUT2D eigenvalue weighted by Crippen LogP contribution is 2.41. The minimum Gasteiger partial charge on any atom is -0.374 e. The van der Waals surface area contributed by atoms with E-state index in [-0.39, 0.29) is 5.60 Å². The van der Waals surface area contributed by atoms with Crippen molar-refractivity contribution in [3.05, 3.63) is 0 Å². The minimum absolute atomic E-state index is 0.0723. The Labute approximate surface area is 108 Å². The molecule has 2 atom stereocenters. The lowest BCUT2D eigenvalue weighted by Gasteiger charge is -2.38. The largest absolute Gasteiger partial charge is 0.374 e. The lowest BCUT2D eigenvalue weighted by molar-refractivity contribution is -0.135. The summed E-state index contributed by atoms with van der Waals surface area (Å²) in [5.74, 6) is 3.89. The molecule has 2 heterocycles. The van der Waals surface area contributed by atoms with Gasteiger partial charge in [-0.25, -0.2) is 0 Å². The van der Waals surface area contributed by atoms with Gasteiger partial charge < -0.3 is 4.74 Å². The molecule has 0 aromatic heterocycles. The van der Waals surface area contributed by atoms with Crippen LogP contribution in [0.1, 0.15) is 44.9 Å². The Morgan fingerprint density at radius 2 is 2.24 bits per heavy atom. The van der Waals surface area contributed by atoms with Crippen molar-refractivity contribution in [2.45, 2.75) is 50.5 Å². The SMILES string of the molecule is O=C(CC1CCC1)C1CCOC2(CCSC2)C1. The highest BCUT2D eigenvalue weighted by atomic mass is 32.2. The molecule has 0 aromatic rings. The Morgan fingerprint density at radius 3 is 2.88 bits per heavy atom. The lowest BCUT2D eigenvalue weighted by Crippen LogP contribution is -2.42. The number of ether oxygens (including phenoxy) is 1. The molecule has 2 saturated heterocycles. The molecule has 17 heavy (non-hydrogen) atoms. The van der Waals surface area contributed by atoms with Crippen LogP contribution in [0.4, 0.5) is 0 Å². The highest BCUT2D eigenvalue weighted by molar-refractivity contribution is 7.99. The molecule has 3 rings (SSSR count). The van der Waals surface area contributed by atoms with Crippen molar-refractivity contribution in [3.63, 3.8) is 0 Å². The summed E-state index contributed by atoms with van der Waals surface area (Å²) in [6, 6.07) is 0. The second-order valence-electron chi connectivity index (χ2n) is 5.99. The summed E-state index contributed by atoms with van der Waals surface area (Å²) in [4.78, 5) is 12.3. The van der Waals surface area contributed by atoms with Crippen LogP contribution in [0.5, 0.6) is 0 Å². The highest BCUT2D eigenvalue weighted by Gasteiger charge is 2.42. The van der Waals surface area contributed by atoms with Crippen molar-refractivity contribution < 1.29 is 9.53 Å². The van der Waals surface area contributed by atoms with Crippen LogP contribution in [0, 0.1) is 11.8 Å². The van der Waals surface area contributed by atoms with Gasteiger partial charge in [-0.15, -0.1) is 0 Å². The number of ketones is 1. The van der Waals surface area contributed by atoms with E-state index in [4.69, 9.17) is 4.74 Å². The number of thioether (sulfide) groups is 1. The molecule has 2 unspecified atom stereocenters. The van der Waals surface area contributed by atoms with E-state index in [0.717, 1.165) is 44.0 Å². The van der Waals surface area contributed by atoms with Crippen LogP contribution in [0.25, 0.3) is 0 Å². The molecule has 2 nitrogen and oxygen atoms in total. The van der Waals surface area contributed by atoms with Gasteiger partial charge in [-0.3, -0.25) is 4.79 Å². The van der Waals surface area contributed by atoms with E-state index in [1.54, 1.807) is 0 Å². The zero-order valence-corrected chi connectivity index (χ0v) is 11.3. The van der Waals surface area contributed by atoms with E-state index in [1.165, 1.54) is 25.0 Å². The molecule has 0 radical (unpaired) electrons. The Hall–Kier alpha value is -0.0200. The first-order valence-electron chi connectivity index (χ1n) is 7.02. The predicted octanol–water partition coefficient (Wildman–Crippen LogP) is 3.05. The number of carbonyl (C=O) groups is 1. The first kappa shape index (κ1) is 12.0. The normalized spacial score (nSPS) is 38.2. The van der Waals surface area contributed by atoms with Crippen LogP contribution < -0.4 is 0 Å². The molecule has 0 bridgehead atoms. The smallest absolute Gasteiger partial charge is 0.136 e. The monoisotopic (exact) mass is 254 g/mol. The summed E-state index contributed by atoms with van der Waals surface area (Å²) in [6.07, 6.45) is 7.90. The molecular weight excluding hydrogens is 232 g/mol. The summed E-state index contributed by atoms with van der Waals surface area (Å²) >= 11 is 1.99. The topological polar surface area (TPSA) is 26.3 Å². The molecule has 3 heteroatoms. The van der Waals surface area contributed by atoms with E-state index in [1.807, 2.05) is 11.8 Å². The molecular formula is C14H22O2S. The molecule has 1 spiro atoms. The van der Waals surface area contributed by atoms with Gasteiger partial charge in [0.1, 0.15) is 5.78 Å². The van der Waals surface area contributed by atoms with Crippen molar-refractivity contribution in [2.24, 2.45) is 11.8 Å². The van der Waals surface area contributed by atoms with E-state index in [0.29, 0.717) is 11.7 Å². The molecule has 96 valence electrons. The Kier molecular flexibility index (Phi) is 3.49. The molecule has 1 saturated carbocycles. The van der Waals surface area contributed by atoms with Crippen molar-refractivity contribution in [2.75, 3.05) is 18.1 Å². The Balaban J connectivity index is 1.56. The summed E-state index contributed by atoms with van der Waals surface area (Å²) in [5, 5.41) is 0. The zero-order valence-electron chi connectivity index (χ0n) is 10.5. The van der Waals surface area contributed by atoms with Gasteiger partial charge >= 0.3 is 0 Å². The van der Waals surface area contributed by atoms with Gasteiger partial charge in [0, 0.05) is 24.7 Å². The number of hydrogen-bond donors (Lipinski definition) is 0. The fourth-order valence-corrected chi connectivity index (χ4v) is 4.69. The minimum atomic E-state index is 0.0723. The Bertz CT molecular complexity index is 293. The van der Waals surface area contributed by atoms with E-state index in [9.17, 15) is 4.79 Å². The van der Waals surface area contributed by atoms with E-state index >= 15 is 0 Å². The average molecular weight is 254 g/mol. The third kappa shape index (κ3) is 2.55. The summed E-state index contributed by atoms with van der Waals surface area (Å²) in [5.41, 5.74) is 0.0723. The second-order valence-corrected chi connectivity index (χ2v) is 7.10. The maximum absolute atomic E-state index is 12.3. The third-order valence-electron chi connectivity index (χ3n) is 4.73. The number of hydrogen-bond acceptors (Lipinski definition) is 3. The third-order valence-corrected chi connectivity index (χ3v) is 5.95. The van der Waals surface area contributed by atoms with Crippen molar-refractivity contribution >= 4 is 17.5 Å². The van der Waals surface area contributed by atoms with Gasteiger partial charge in [0.15, 0.2) is 0 Å². The van der Waals surface area contributed by atoms with Crippen LogP contribution in [-0.2, 0) is 9.53 Å². The van der Waals surface area contributed by atoms with Crippen LogP contribution >= 0.6 is 11.8 Å². The quantitative estimate of drug-likeness (QED) is 0.774. The van der Waals surface area contributed by atoms with Crippen molar-refractivity contribution in [3.8, 4) is 0 Å². The number of carbonyl (C=O) groups excluding carboxylic acids is 1. The first-order chi connectivity index (χ1) is 8.27. The standard InChI is InChI=1S/C14H22O2S/c15-13(8-11-2-1-3-11)12-4-6-16-14(9-12)5-7-17-10-14/h11-12H,1-10H2. The van der Waals surface area contributed by atoms with Crippen molar-refractivity contribution in [1.82, 2.24) is 0 Å². The molecule has 0 aromatic carbocycles. The molecule has 2 aliphatic heterocycles. The number of Topliss-reactive ketones (excluding diaryl/α,β-unsaturated/α-hetero) is 1. The second kappa shape index (κ2) is 4.93. The fraction of sp³-hybridized carbons (Fsp3) is 0.929. The zero-order chi connectivity index (χ0) is 11.7. The van der Waals surface area contributed by atoms with Crippen molar-refractivity contribution in [1.29, 1.82) is 0 Å². The maximum Gasteiger partial charge on any atom is 0.136 e. The van der Waals surface area contributed by atoms with Gasteiger partial charge in [0.05, 0.1) is 5.60 Å². The average Bonchev–Trinajstić information content (AvgIpc) is 2.71. The van der Waals surface area contributed by atoms with Gasteiger partial charge in [-0.05, 0) is 30.9 Å². The first-order valence-corrected chi connectivity index (χ1v) is 8.17. The van der Waals surface area contributed by atoms with Crippen LogP contribution in [0.2, 0.25) is 0 Å². The van der Waals surface area contributed by atoms with Gasteiger partial charge in [-0.2, -0.15) is 11.8 Å². The Morgan fingerprint density at radius 1 is 1.35 bits per heavy atom. The fourth-order valence-electron chi connectivity index (χ4n) is 3.31. The van der Waals surface area contributed by atoms with Crippen LogP contribution in [0.15, 0.2) is 0 Å².